The molecule has 0 atom stereocenters. The highest BCUT2D eigenvalue weighted by Crippen LogP contribution is 2.24. The minimum Gasteiger partial charge on any atom is -0.507 e. The summed E-state index contributed by atoms with van der Waals surface area (Å²) in [6.45, 7) is 4.63. The maximum Gasteiger partial charge on any atom is 0.262 e. The van der Waals surface area contributed by atoms with Crippen molar-refractivity contribution in [3.8, 4) is 5.75 Å². The number of hydrogen-bond donors (Lipinski definition) is 1. The number of benzene rings is 2. The number of nitrogens with zero attached hydrogens (tertiary/aromatic N) is 1. The molecular weight excluding hydrogens is 262 g/mol. The first-order chi connectivity index (χ1) is 10.1. The molecule has 0 unspecified atom stereocenters. The lowest BCUT2D eigenvalue weighted by molar-refractivity contribution is 0.0984. The molecular formula is C18H21NO2. The van der Waals surface area contributed by atoms with E-state index >= 15 is 0 Å². The number of phenols is 1. The van der Waals surface area contributed by atoms with Crippen molar-refractivity contribution >= 4 is 11.6 Å². The number of rotatable bonds is 5. The molecule has 0 saturated carbocycles. The van der Waals surface area contributed by atoms with Gasteiger partial charge in [0.15, 0.2) is 0 Å². The van der Waals surface area contributed by atoms with E-state index in [1.165, 1.54) is 0 Å². The van der Waals surface area contributed by atoms with E-state index in [4.69, 9.17) is 0 Å². The number of anilines is 1. The van der Waals surface area contributed by atoms with Gasteiger partial charge in [0.1, 0.15) is 5.75 Å². The van der Waals surface area contributed by atoms with Gasteiger partial charge in [-0.3, -0.25) is 4.79 Å². The summed E-state index contributed by atoms with van der Waals surface area (Å²) in [4.78, 5) is 14.5. The van der Waals surface area contributed by atoms with Gasteiger partial charge in [-0.25, -0.2) is 0 Å². The van der Waals surface area contributed by atoms with Gasteiger partial charge in [0.05, 0.1) is 5.56 Å². The monoisotopic (exact) mass is 283 g/mol. The quantitative estimate of drug-likeness (QED) is 0.895. The van der Waals surface area contributed by atoms with Crippen molar-refractivity contribution in [2.75, 3.05) is 11.4 Å². The van der Waals surface area contributed by atoms with Gasteiger partial charge in [-0.05, 0) is 43.2 Å². The first kappa shape index (κ1) is 15.1. The van der Waals surface area contributed by atoms with Gasteiger partial charge in [-0.2, -0.15) is 0 Å². The standard InChI is InChI=1S/C18H21NO2/c1-3-4-12-19(15-8-6-5-7-9-15)18(21)16-11-10-14(2)13-17(16)20/h5-11,13,20H,3-4,12H2,1-2H3. The molecule has 1 amide bonds. The van der Waals surface area contributed by atoms with E-state index in [0.29, 0.717) is 12.1 Å². The molecule has 3 heteroatoms. The summed E-state index contributed by atoms with van der Waals surface area (Å²) in [5.41, 5.74) is 2.14. The van der Waals surface area contributed by atoms with Crippen molar-refractivity contribution in [2.24, 2.45) is 0 Å². The molecule has 0 aliphatic carbocycles. The molecule has 0 fully saturated rings. The summed E-state index contributed by atoms with van der Waals surface area (Å²) in [6.07, 6.45) is 1.93. The molecule has 2 aromatic rings. The summed E-state index contributed by atoms with van der Waals surface area (Å²) in [5.74, 6) is -0.121. The number of amides is 1. The topological polar surface area (TPSA) is 40.5 Å². The fourth-order valence-electron chi connectivity index (χ4n) is 2.24. The Kier molecular flexibility index (Phi) is 4.99. The summed E-state index contributed by atoms with van der Waals surface area (Å²) >= 11 is 0. The second-order valence-corrected chi connectivity index (χ2v) is 5.17. The van der Waals surface area contributed by atoms with Gasteiger partial charge in [-0.1, -0.05) is 37.6 Å². The third-order valence-corrected chi connectivity index (χ3v) is 3.43. The van der Waals surface area contributed by atoms with Gasteiger partial charge >= 0.3 is 0 Å². The van der Waals surface area contributed by atoms with Crippen LogP contribution in [0.25, 0.3) is 0 Å². The Morgan fingerprint density at radius 2 is 1.86 bits per heavy atom. The molecule has 0 aliphatic heterocycles. The minimum atomic E-state index is -0.160. The third kappa shape index (κ3) is 3.63. The second-order valence-electron chi connectivity index (χ2n) is 5.17. The molecule has 0 spiro atoms. The molecule has 110 valence electrons. The molecule has 2 aromatic carbocycles. The van der Waals surface area contributed by atoms with E-state index in [-0.39, 0.29) is 11.7 Å². The van der Waals surface area contributed by atoms with Gasteiger partial charge in [-0.15, -0.1) is 0 Å². The van der Waals surface area contributed by atoms with Crippen molar-refractivity contribution in [2.45, 2.75) is 26.7 Å². The molecule has 0 radical (unpaired) electrons. The predicted molar refractivity (Wildman–Crippen MR) is 85.9 cm³/mol. The van der Waals surface area contributed by atoms with E-state index < -0.39 is 0 Å². The Balaban J connectivity index is 2.34. The van der Waals surface area contributed by atoms with Gasteiger partial charge in [0.2, 0.25) is 0 Å². The average Bonchev–Trinajstić information content (AvgIpc) is 2.48. The number of aromatic hydroxyl groups is 1. The first-order valence-corrected chi connectivity index (χ1v) is 7.30. The zero-order chi connectivity index (χ0) is 15.2. The van der Waals surface area contributed by atoms with Crippen LogP contribution in [0.1, 0.15) is 35.7 Å². The molecule has 21 heavy (non-hydrogen) atoms. The SMILES string of the molecule is CCCCN(C(=O)c1ccc(C)cc1O)c1ccccc1. The Labute approximate surface area is 125 Å². The smallest absolute Gasteiger partial charge is 0.262 e. The van der Waals surface area contributed by atoms with Crippen molar-refractivity contribution < 1.29 is 9.90 Å². The average molecular weight is 283 g/mol. The molecule has 0 heterocycles. The molecule has 0 bridgehead atoms. The van der Waals surface area contributed by atoms with Crippen LogP contribution >= 0.6 is 0 Å². The lowest BCUT2D eigenvalue weighted by Gasteiger charge is -2.23. The van der Waals surface area contributed by atoms with Crippen LogP contribution in [0.2, 0.25) is 0 Å². The summed E-state index contributed by atoms with van der Waals surface area (Å²) in [7, 11) is 0. The van der Waals surface area contributed by atoms with E-state index in [2.05, 4.69) is 6.92 Å². The van der Waals surface area contributed by atoms with Gasteiger partial charge < -0.3 is 10.0 Å². The fourth-order valence-corrected chi connectivity index (χ4v) is 2.24. The summed E-state index contributed by atoms with van der Waals surface area (Å²) in [6, 6.07) is 14.7. The Hall–Kier alpha value is -2.29. The molecule has 0 aromatic heterocycles. The Morgan fingerprint density at radius 3 is 2.48 bits per heavy atom. The number of carbonyl (C=O) groups is 1. The van der Waals surface area contributed by atoms with Gasteiger partial charge in [0, 0.05) is 12.2 Å². The largest absolute Gasteiger partial charge is 0.507 e. The predicted octanol–water partition coefficient (Wildman–Crippen LogP) is 4.15. The molecule has 2 rings (SSSR count). The highest BCUT2D eigenvalue weighted by atomic mass is 16.3. The van der Waals surface area contributed by atoms with E-state index in [9.17, 15) is 9.90 Å². The van der Waals surface area contributed by atoms with Crippen LogP contribution in [-0.2, 0) is 0 Å². The van der Waals surface area contributed by atoms with Crippen LogP contribution in [0.15, 0.2) is 48.5 Å². The van der Waals surface area contributed by atoms with Gasteiger partial charge in [0.25, 0.3) is 5.91 Å². The van der Waals surface area contributed by atoms with Crippen LogP contribution in [0, 0.1) is 6.92 Å². The van der Waals surface area contributed by atoms with Crippen molar-refractivity contribution in [1.82, 2.24) is 0 Å². The van der Waals surface area contributed by atoms with Crippen LogP contribution in [0.4, 0.5) is 5.69 Å². The number of para-hydroxylation sites is 1. The van der Waals surface area contributed by atoms with E-state index in [1.54, 1.807) is 17.0 Å². The maximum atomic E-state index is 12.7. The fraction of sp³-hybridized carbons (Fsp3) is 0.278. The second kappa shape index (κ2) is 6.93. The molecule has 0 aliphatic rings. The zero-order valence-corrected chi connectivity index (χ0v) is 12.5. The molecule has 0 saturated heterocycles. The lowest BCUT2D eigenvalue weighted by Crippen LogP contribution is -2.31. The van der Waals surface area contributed by atoms with Crippen molar-refractivity contribution in [3.63, 3.8) is 0 Å². The number of phenolic OH excluding ortho intramolecular Hbond substituents is 1. The highest BCUT2D eigenvalue weighted by molar-refractivity contribution is 6.07. The van der Waals surface area contributed by atoms with Crippen molar-refractivity contribution in [1.29, 1.82) is 0 Å². The van der Waals surface area contributed by atoms with Crippen LogP contribution < -0.4 is 4.90 Å². The number of hydrogen-bond acceptors (Lipinski definition) is 2. The van der Waals surface area contributed by atoms with E-state index in [1.807, 2.05) is 43.3 Å². The first-order valence-electron chi connectivity index (χ1n) is 7.30. The minimum absolute atomic E-state index is 0.0393. The van der Waals surface area contributed by atoms with E-state index in [0.717, 1.165) is 24.1 Å². The Morgan fingerprint density at radius 1 is 1.14 bits per heavy atom. The number of unbranched alkanes of at least 4 members (excludes halogenated alkanes) is 1. The van der Waals surface area contributed by atoms with Crippen LogP contribution in [0.3, 0.4) is 0 Å². The normalized spacial score (nSPS) is 10.4. The molecule has 1 N–H and O–H groups in total. The molecule has 3 nitrogen and oxygen atoms in total. The van der Waals surface area contributed by atoms with Crippen molar-refractivity contribution in [3.05, 3.63) is 59.7 Å². The summed E-state index contributed by atoms with van der Waals surface area (Å²) < 4.78 is 0. The lowest BCUT2D eigenvalue weighted by atomic mass is 10.1. The third-order valence-electron chi connectivity index (χ3n) is 3.43. The highest BCUT2D eigenvalue weighted by Gasteiger charge is 2.19. The Bertz CT molecular complexity index is 608. The number of aryl methyl sites for hydroxylation is 1. The van der Waals surface area contributed by atoms with Crippen LogP contribution in [0.5, 0.6) is 5.75 Å². The summed E-state index contributed by atoms with van der Waals surface area (Å²) in [5, 5.41) is 10.0. The van der Waals surface area contributed by atoms with Crippen LogP contribution in [-0.4, -0.2) is 17.6 Å². The number of carbonyl (C=O) groups excluding carboxylic acids is 1. The maximum absolute atomic E-state index is 12.7. The zero-order valence-electron chi connectivity index (χ0n) is 12.5.